The molecule has 0 aliphatic heterocycles. The number of nitrogens with one attached hydrogen (secondary N) is 1. The van der Waals surface area contributed by atoms with E-state index in [1.54, 1.807) is 18.2 Å². The number of hydrogen-bond donors (Lipinski definition) is 1. The lowest BCUT2D eigenvalue weighted by Crippen LogP contribution is -2.53. The zero-order valence-electron chi connectivity index (χ0n) is 23.3. The molecule has 4 aromatic rings. The molecular weight excluding hydrogens is 602 g/mol. The number of fused-ring (bicyclic) bond motifs is 1. The van der Waals surface area contributed by atoms with Gasteiger partial charge in [-0.1, -0.05) is 88.7 Å². The summed E-state index contributed by atoms with van der Waals surface area (Å²) in [4.78, 5) is 29.1. The maximum atomic E-state index is 14.0. The topological polar surface area (TPSA) is 86.8 Å². The van der Waals surface area contributed by atoms with Gasteiger partial charge in [-0.25, -0.2) is 8.42 Å². The third-order valence-corrected chi connectivity index (χ3v) is 9.02. The van der Waals surface area contributed by atoms with Gasteiger partial charge >= 0.3 is 0 Å². The minimum absolute atomic E-state index is 0.100. The van der Waals surface area contributed by atoms with E-state index >= 15 is 0 Å². The second kappa shape index (κ2) is 13.4. The molecule has 0 saturated carbocycles. The molecule has 0 bridgehead atoms. The molecule has 0 fully saturated rings. The highest BCUT2D eigenvalue weighted by atomic mass is 79.9. The third-order valence-electron chi connectivity index (χ3n) is 6.73. The van der Waals surface area contributed by atoms with Gasteiger partial charge in [0.15, 0.2) is 0 Å². The van der Waals surface area contributed by atoms with E-state index in [9.17, 15) is 18.0 Å². The number of hydrogen-bond acceptors (Lipinski definition) is 4. The molecule has 0 unspecified atom stereocenters. The minimum Gasteiger partial charge on any atom is -0.352 e. The molecule has 214 valence electrons. The van der Waals surface area contributed by atoms with Crippen molar-refractivity contribution in [2.75, 3.05) is 13.6 Å². The minimum atomic E-state index is -3.98. The normalized spacial score (nSPS) is 12.4. The Labute approximate surface area is 250 Å². The molecule has 1 N–H and O–H groups in total. The van der Waals surface area contributed by atoms with Crippen molar-refractivity contribution in [3.8, 4) is 0 Å². The van der Waals surface area contributed by atoms with Gasteiger partial charge in [-0.05, 0) is 60.0 Å². The average molecular weight is 637 g/mol. The lowest BCUT2D eigenvalue weighted by Gasteiger charge is -2.33. The summed E-state index contributed by atoms with van der Waals surface area (Å²) in [6.45, 7) is 3.43. The fourth-order valence-electron chi connectivity index (χ4n) is 4.64. The largest absolute Gasteiger partial charge is 0.352 e. The maximum absolute atomic E-state index is 14.0. The first-order valence-corrected chi connectivity index (χ1v) is 15.6. The first kappa shape index (κ1) is 30.4. The first-order valence-electron chi connectivity index (χ1n) is 13.4. The molecule has 0 heterocycles. The van der Waals surface area contributed by atoms with Crippen molar-refractivity contribution in [2.24, 2.45) is 0 Å². The fraction of sp³-hybridized carbons (Fsp3) is 0.250. The fourth-order valence-corrected chi connectivity index (χ4v) is 6.24. The molecular formula is C32H34BrN3O4S. The third kappa shape index (κ3) is 7.81. The van der Waals surface area contributed by atoms with Crippen molar-refractivity contribution in [1.82, 2.24) is 14.5 Å². The molecule has 0 aliphatic carbocycles. The Kier molecular flexibility index (Phi) is 9.96. The van der Waals surface area contributed by atoms with E-state index in [1.807, 2.05) is 92.7 Å². The van der Waals surface area contributed by atoms with Crippen LogP contribution in [0.15, 0.2) is 106 Å². The maximum Gasteiger partial charge on any atom is 0.243 e. The van der Waals surface area contributed by atoms with E-state index in [1.165, 1.54) is 11.9 Å². The van der Waals surface area contributed by atoms with Crippen LogP contribution in [0.25, 0.3) is 10.8 Å². The van der Waals surface area contributed by atoms with E-state index in [0.717, 1.165) is 30.7 Å². The quantitative estimate of drug-likeness (QED) is 0.239. The molecule has 2 amide bonds. The van der Waals surface area contributed by atoms with Gasteiger partial charge in [0, 0.05) is 30.5 Å². The Morgan fingerprint density at radius 3 is 2.17 bits per heavy atom. The van der Waals surface area contributed by atoms with E-state index in [0.29, 0.717) is 0 Å². The van der Waals surface area contributed by atoms with Crippen molar-refractivity contribution in [3.63, 3.8) is 0 Å². The molecule has 41 heavy (non-hydrogen) atoms. The van der Waals surface area contributed by atoms with Gasteiger partial charge in [0.1, 0.15) is 6.04 Å². The highest BCUT2D eigenvalue weighted by Gasteiger charge is 2.33. The number of halogens is 1. The predicted octanol–water partition coefficient (Wildman–Crippen LogP) is 5.39. The second-order valence-corrected chi connectivity index (χ2v) is 13.3. The summed E-state index contributed by atoms with van der Waals surface area (Å²) in [5.41, 5.74) is 1.70. The standard InChI is InChI=1S/C32H34BrN3O4S/c1-23(2)34-32(38)30(19-24-10-5-4-6-11-24)36(21-25-12-9-15-28(33)18-25)31(37)22-35(3)41(39,40)29-17-16-26-13-7-8-14-27(26)20-29/h4-18,20,23,30H,19,21-22H2,1-3H3,(H,34,38)/t30-/m0/s1. The van der Waals surface area contributed by atoms with Gasteiger partial charge in [-0.15, -0.1) is 0 Å². The number of likely N-dealkylation sites (N-methyl/N-ethyl adjacent to an activating group) is 1. The Bertz CT molecular complexity index is 1630. The van der Waals surface area contributed by atoms with E-state index in [-0.39, 0.29) is 29.8 Å². The highest BCUT2D eigenvalue weighted by molar-refractivity contribution is 9.10. The summed E-state index contributed by atoms with van der Waals surface area (Å²) in [6, 6.07) is 28.4. The number of carbonyl (C=O) groups excluding carboxylic acids is 2. The second-order valence-electron chi connectivity index (χ2n) is 10.3. The molecule has 0 aliphatic rings. The van der Waals surface area contributed by atoms with Gasteiger partial charge in [-0.3, -0.25) is 9.59 Å². The van der Waals surface area contributed by atoms with Gasteiger partial charge < -0.3 is 10.2 Å². The van der Waals surface area contributed by atoms with Crippen molar-refractivity contribution in [3.05, 3.63) is 113 Å². The lowest BCUT2D eigenvalue weighted by molar-refractivity contribution is -0.141. The zero-order chi connectivity index (χ0) is 29.6. The van der Waals surface area contributed by atoms with Crippen LogP contribution in [0.1, 0.15) is 25.0 Å². The summed E-state index contributed by atoms with van der Waals surface area (Å²) in [6.07, 6.45) is 0.278. The smallest absolute Gasteiger partial charge is 0.243 e. The number of benzene rings is 4. The van der Waals surface area contributed by atoms with Crippen LogP contribution in [-0.2, 0) is 32.6 Å². The predicted molar refractivity (Wildman–Crippen MR) is 166 cm³/mol. The van der Waals surface area contributed by atoms with E-state index in [4.69, 9.17) is 0 Å². The van der Waals surface area contributed by atoms with Crippen LogP contribution in [0.5, 0.6) is 0 Å². The molecule has 9 heteroatoms. The summed E-state index contributed by atoms with van der Waals surface area (Å²) in [7, 11) is -2.60. The number of carbonyl (C=O) groups is 2. The zero-order valence-corrected chi connectivity index (χ0v) is 25.7. The SMILES string of the molecule is CC(C)NC(=O)[C@H](Cc1ccccc1)N(Cc1cccc(Br)c1)C(=O)CN(C)S(=O)(=O)c1ccc2ccccc2c1. The van der Waals surface area contributed by atoms with Crippen LogP contribution in [0, 0.1) is 0 Å². The summed E-state index contributed by atoms with van der Waals surface area (Å²) < 4.78 is 29.0. The van der Waals surface area contributed by atoms with Crippen LogP contribution in [0.3, 0.4) is 0 Å². The highest BCUT2D eigenvalue weighted by Crippen LogP contribution is 2.23. The van der Waals surface area contributed by atoms with Crippen molar-refractivity contribution < 1.29 is 18.0 Å². The number of sulfonamides is 1. The van der Waals surface area contributed by atoms with Crippen LogP contribution in [-0.4, -0.2) is 55.1 Å². The Morgan fingerprint density at radius 1 is 0.829 bits per heavy atom. The van der Waals surface area contributed by atoms with Gasteiger partial charge in [0.2, 0.25) is 21.8 Å². The van der Waals surface area contributed by atoms with Crippen LogP contribution < -0.4 is 5.32 Å². The molecule has 7 nitrogen and oxygen atoms in total. The number of nitrogens with zero attached hydrogens (tertiary/aromatic N) is 2. The summed E-state index contributed by atoms with van der Waals surface area (Å²) in [5, 5.41) is 4.66. The molecule has 0 radical (unpaired) electrons. The first-order chi connectivity index (χ1) is 19.5. The van der Waals surface area contributed by atoms with E-state index in [2.05, 4.69) is 21.2 Å². The van der Waals surface area contributed by atoms with Gasteiger partial charge in [-0.2, -0.15) is 4.31 Å². The lowest BCUT2D eigenvalue weighted by atomic mass is 10.0. The molecule has 0 saturated heterocycles. The number of amides is 2. The van der Waals surface area contributed by atoms with Gasteiger partial charge in [0.25, 0.3) is 0 Å². The monoisotopic (exact) mass is 635 g/mol. The molecule has 1 atom stereocenters. The number of rotatable bonds is 11. The Hall–Kier alpha value is -3.53. The van der Waals surface area contributed by atoms with E-state index < -0.39 is 28.5 Å². The van der Waals surface area contributed by atoms with Crippen molar-refractivity contribution >= 4 is 48.5 Å². The molecule has 0 spiro atoms. The van der Waals surface area contributed by atoms with Crippen LogP contribution in [0.2, 0.25) is 0 Å². The molecule has 0 aromatic heterocycles. The van der Waals surface area contributed by atoms with Crippen molar-refractivity contribution in [2.45, 2.75) is 43.8 Å². The Balaban J connectivity index is 1.67. The molecule has 4 rings (SSSR count). The molecule has 4 aromatic carbocycles. The van der Waals surface area contributed by atoms with Gasteiger partial charge in [0.05, 0.1) is 11.4 Å². The Morgan fingerprint density at radius 2 is 1.49 bits per heavy atom. The summed E-state index contributed by atoms with van der Waals surface area (Å²) in [5.74, 6) is -0.774. The average Bonchev–Trinajstić information content (AvgIpc) is 2.94. The van der Waals surface area contributed by atoms with Crippen molar-refractivity contribution in [1.29, 1.82) is 0 Å². The van der Waals surface area contributed by atoms with Crippen LogP contribution in [0.4, 0.5) is 0 Å². The van der Waals surface area contributed by atoms with Crippen LogP contribution >= 0.6 is 15.9 Å². The summed E-state index contributed by atoms with van der Waals surface area (Å²) >= 11 is 3.48.